The molecule has 1 atom stereocenters. The van der Waals surface area contributed by atoms with Crippen LogP contribution in [-0.4, -0.2) is 54.2 Å². The molecule has 1 saturated heterocycles. The number of benzene rings is 3. The summed E-state index contributed by atoms with van der Waals surface area (Å²) in [6, 6.07) is 17.8. The van der Waals surface area contributed by atoms with Crippen molar-refractivity contribution >= 4 is 17.4 Å². The topological polar surface area (TPSA) is 106 Å². The number of hydrogen-bond donors (Lipinski definition) is 2. The van der Waals surface area contributed by atoms with Crippen LogP contribution in [0.2, 0.25) is 0 Å². The average Bonchev–Trinajstić information content (AvgIpc) is 3.23. The fourth-order valence-electron chi connectivity index (χ4n) is 4.81. The van der Waals surface area contributed by atoms with E-state index in [1.54, 1.807) is 56.7 Å². The molecule has 1 aliphatic heterocycles. The van der Waals surface area contributed by atoms with Gasteiger partial charge in [0.2, 0.25) is 0 Å². The van der Waals surface area contributed by atoms with E-state index >= 15 is 0 Å². The first kappa shape index (κ1) is 28.5. The molecular formula is C32H35NO7. The number of methoxy groups -OCH3 is 2. The molecule has 3 aromatic carbocycles. The summed E-state index contributed by atoms with van der Waals surface area (Å²) in [5.74, 6) is 0.156. The van der Waals surface area contributed by atoms with Gasteiger partial charge < -0.3 is 29.3 Å². The molecule has 3 aromatic rings. The standard InChI is InChI=1S/C32H35NO7/c1-4-5-6-19-40-25-14-10-23(11-15-25)30(35)28-29(22-8-12-24(34)13-9-22)33(32(37)31(28)36)18-17-21-7-16-26(38-2)27(20-21)39-3/h7-16,20,29,34-35H,4-6,17-19H2,1-3H3/b30-28+. The lowest BCUT2D eigenvalue weighted by molar-refractivity contribution is -0.139. The summed E-state index contributed by atoms with van der Waals surface area (Å²) >= 11 is 0. The van der Waals surface area contributed by atoms with Gasteiger partial charge in [0.25, 0.3) is 11.7 Å². The number of hydrogen-bond acceptors (Lipinski definition) is 7. The van der Waals surface area contributed by atoms with Crippen LogP contribution in [0, 0.1) is 0 Å². The van der Waals surface area contributed by atoms with Crippen LogP contribution in [0.15, 0.2) is 72.3 Å². The smallest absolute Gasteiger partial charge is 0.295 e. The summed E-state index contributed by atoms with van der Waals surface area (Å²) in [4.78, 5) is 28.1. The number of aromatic hydroxyl groups is 1. The molecule has 40 heavy (non-hydrogen) atoms. The van der Waals surface area contributed by atoms with Gasteiger partial charge in [0.15, 0.2) is 11.5 Å². The highest BCUT2D eigenvalue weighted by atomic mass is 16.5. The number of likely N-dealkylation sites (tertiary alicyclic amines) is 1. The molecule has 0 saturated carbocycles. The molecule has 0 spiro atoms. The third kappa shape index (κ3) is 6.22. The van der Waals surface area contributed by atoms with Gasteiger partial charge in [-0.3, -0.25) is 9.59 Å². The summed E-state index contributed by atoms with van der Waals surface area (Å²) < 4.78 is 16.5. The van der Waals surface area contributed by atoms with Gasteiger partial charge in [0, 0.05) is 12.1 Å². The van der Waals surface area contributed by atoms with Gasteiger partial charge in [0.05, 0.1) is 32.4 Å². The molecule has 1 heterocycles. The molecule has 0 bridgehead atoms. The Labute approximate surface area is 234 Å². The number of Topliss-reactive ketones (excluding diaryl/α,β-unsaturated/α-hetero) is 1. The summed E-state index contributed by atoms with van der Waals surface area (Å²) in [6.45, 7) is 2.95. The van der Waals surface area contributed by atoms with Gasteiger partial charge in [-0.15, -0.1) is 0 Å². The molecule has 0 aromatic heterocycles. The van der Waals surface area contributed by atoms with Gasteiger partial charge in [-0.2, -0.15) is 0 Å². The number of unbranched alkanes of at least 4 members (excludes halogenated alkanes) is 2. The summed E-state index contributed by atoms with van der Waals surface area (Å²) in [5.41, 5.74) is 1.89. The van der Waals surface area contributed by atoms with E-state index in [0.29, 0.717) is 41.4 Å². The second kappa shape index (κ2) is 13.1. The van der Waals surface area contributed by atoms with Crippen molar-refractivity contribution in [3.63, 3.8) is 0 Å². The summed E-state index contributed by atoms with van der Waals surface area (Å²) in [5, 5.41) is 21.2. The van der Waals surface area contributed by atoms with Crippen molar-refractivity contribution in [2.75, 3.05) is 27.4 Å². The van der Waals surface area contributed by atoms with E-state index < -0.39 is 17.7 Å². The zero-order chi connectivity index (χ0) is 28.6. The first-order chi connectivity index (χ1) is 19.4. The highest BCUT2D eigenvalue weighted by Crippen LogP contribution is 2.40. The van der Waals surface area contributed by atoms with Crippen LogP contribution in [0.1, 0.15) is 48.9 Å². The maximum Gasteiger partial charge on any atom is 0.295 e. The van der Waals surface area contributed by atoms with Crippen LogP contribution in [0.5, 0.6) is 23.0 Å². The highest BCUT2D eigenvalue weighted by Gasteiger charge is 2.45. The van der Waals surface area contributed by atoms with E-state index in [0.717, 1.165) is 24.8 Å². The number of amides is 1. The minimum atomic E-state index is -0.828. The molecule has 0 radical (unpaired) electrons. The van der Waals surface area contributed by atoms with Crippen LogP contribution in [0.3, 0.4) is 0 Å². The van der Waals surface area contributed by atoms with Crippen molar-refractivity contribution < 1.29 is 34.0 Å². The fourth-order valence-corrected chi connectivity index (χ4v) is 4.81. The SMILES string of the molecule is CCCCCOc1ccc(/C(O)=C2\C(=O)C(=O)N(CCc3ccc(OC)c(OC)c3)C2c2ccc(O)cc2)cc1. The van der Waals surface area contributed by atoms with Crippen LogP contribution < -0.4 is 14.2 Å². The first-order valence-electron chi connectivity index (χ1n) is 13.4. The van der Waals surface area contributed by atoms with Crippen molar-refractivity contribution in [3.8, 4) is 23.0 Å². The first-order valence-corrected chi connectivity index (χ1v) is 13.4. The Morgan fingerprint density at radius 3 is 2.25 bits per heavy atom. The molecule has 4 rings (SSSR count). The maximum atomic E-state index is 13.3. The number of rotatable bonds is 12. The van der Waals surface area contributed by atoms with Crippen LogP contribution in [0.25, 0.3) is 5.76 Å². The average molecular weight is 546 g/mol. The number of carbonyl (C=O) groups excluding carboxylic acids is 2. The highest BCUT2D eigenvalue weighted by molar-refractivity contribution is 6.46. The Hall–Kier alpha value is -4.46. The normalized spacial score (nSPS) is 16.3. The molecular weight excluding hydrogens is 510 g/mol. The second-order valence-corrected chi connectivity index (χ2v) is 9.60. The number of nitrogens with zero attached hydrogens (tertiary/aromatic N) is 1. The molecule has 1 amide bonds. The van der Waals surface area contributed by atoms with Crippen LogP contribution >= 0.6 is 0 Å². The quantitative estimate of drug-likeness (QED) is 0.131. The molecule has 1 fully saturated rings. The number of ketones is 1. The van der Waals surface area contributed by atoms with Crippen molar-refractivity contribution in [2.45, 2.75) is 38.6 Å². The molecule has 8 heteroatoms. The Balaban J connectivity index is 1.65. The second-order valence-electron chi connectivity index (χ2n) is 9.60. The molecule has 1 unspecified atom stereocenters. The van der Waals surface area contributed by atoms with Gasteiger partial charge in [0.1, 0.15) is 17.3 Å². The maximum absolute atomic E-state index is 13.3. The number of carbonyl (C=O) groups is 2. The molecule has 8 nitrogen and oxygen atoms in total. The predicted octanol–water partition coefficient (Wildman–Crippen LogP) is 5.64. The lowest BCUT2D eigenvalue weighted by Crippen LogP contribution is -2.31. The monoisotopic (exact) mass is 545 g/mol. The Morgan fingerprint density at radius 1 is 0.900 bits per heavy atom. The van der Waals surface area contributed by atoms with E-state index in [2.05, 4.69) is 6.92 Å². The Kier molecular flexibility index (Phi) is 9.32. The zero-order valence-corrected chi connectivity index (χ0v) is 23.1. The molecule has 210 valence electrons. The number of phenols is 1. The van der Waals surface area contributed by atoms with Crippen molar-refractivity contribution in [1.82, 2.24) is 4.90 Å². The van der Waals surface area contributed by atoms with Gasteiger partial charge >= 0.3 is 0 Å². The number of ether oxygens (including phenoxy) is 3. The summed E-state index contributed by atoms with van der Waals surface area (Å²) in [7, 11) is 3.11. The van der Waals surface area contributed by atoms with Crippen molar-refractivity contribution in [3.05, 3.63) is 89.0 Å². The number of aliphatic hydroxyl groups excluding tert-OH is 1. The van der Waals surface area contributed by atoms with Gasteiger partial charge in [-0.1, -0.05) is 38.0 Å². The molecule has 2 N–H and O–H groups in total. The van der Waals surface area contributed by atoms with E-state index in [-0.39, 0.29) is 23.6 Å². The van der Waals surface area contributed by atoms with E-state index in [4.69, 9.17) is 14.2 Å². The van der Waals surface area contributed by atoms with E-state index in [9.17, 15) is 19.8 Å². The minimum absolute atomic E-state index is 0.000356. The lowest BCUT2D eigenvalue weighted by Gasteiger charge is -2.25. The largest absolute Gasteiger partial charge is 0.508 e. The third-order valence-electron chi connectivity index (χ3n) is 6.98. The van der Waals surface area contributed by atoms with Gasteiger partial charge in [-0.05, 0) is 72.5 Å². The number of phenolic OH excluding ortho intramolecular Hbond substituents is 1. The molecule has 1 aliphatic rings. The molecule has 0 aliphatic carbocycles. The fraction of sp³-hybridized carbons (Fsp3) is 0.312. The zero-order valence-electron chi connectivity index (χ0n) is 23.1. The predicted molar refractivity (Wildman–Crippen MR) is 152 cm³/mol. The van der Waals surface area contributed by atoms with Crippen molar-refractivity contribution in [1.29, 1.82) is 0 Å². The minimum Gasteiger partial charge on any atom is -0.508 e. The lowest BCUT2D eigenvalue weighted by atomic mass is 9.95. The number of aliphatic hydroxyl groups is 1. The van der Waals surface area contributed by atoms with E-state index in [1.807, 2.05) is 12.1 Å². The van der Waals surface area contributed by atoms with E-state index in [1.165, 1.54) is 17.0 Å². The summed E-state index contributed by atoms with van der Waals surface area (Å²) in [6.07, 6.45) is 3.58. The van der Waals surface area contributed by atoms with Crippen LogP contribution in [-0.2, 0) is 16.0 Å². The van der Waals surface area contributed by atoms with Crippen LogP contribution in [0.4, 0.5) is 0 Å². The Bertz CT molecular complexity index is 1360. The van der Waals surface area contributed by atoms with Crippen molar-refractivity contribution in [2.24, 2.45) is 0 Å². The third-order valence-corrected chi connectivity index (χ3v) is 6.98. The Morgan fingerprint density at radius 2 is 1.60 bits per heavy atom. The van der Waals surface area contributed by atoms with Gasteiger partial charge in [-0.25, -0.2) is 0 Å².